The smallest absolute Gasteiger partial charge is 0.0328 e. The van der Waals surface area contributed by atoms with Gasteiger partial charge in [0.05, 0.1) is 0 Å². The van der Waals surface area contributed by atoms with Crippen molar-refractivity contribution in [1.82, 2.24) is 0 Å². The molecule has 1 aliphatic rings. The van der Waals surface area contributed by atoms with Gasteiger partial charge in [-0.25, -0.2) is 0 Å². The lowest BCUT2D eigenvalue weighted by atomic mass is 9.64. The van der Waals surface area contributed by atoms with Crippen LogP contribution in [-0.2, 0) is 0 Å². The first-order chi connectivity index (χ1) is 3.13. The van der Waals surface area contributed by atoms with Crippen molar-refractivity contribution < 1.29 is 0 Å². The predicted molar refractivity (Wildman–Crippen MR) is 32.2 cm³/mol. The molecule has 0 bridgehead atoms. The molecule has 7 heavy (non-hydrogen) atoms. The molecule has 1 fully saturated rings. The molecule has 0 heteroatoms. The minimum Gasteiger partial charge on any atom is -0.0620 e. The van der Waals surface area contributed by atoms with Crippen LogP contribution in [0.4, 0.5) is 0 Å². The van der Waals surface area contributed by atoms with Crippen molar-refractivity contribution in [3.05, 3.63) is 0 Å². The summed E-state index contributed by atoms with van der Waals surface area (Å²) in [4.78, 5) is 0. The van der Waals surface area contributed by atoms with E-state index in [9.17, 15) is 0 Å². The van der Waals surface area contributed by atoms with E-state index in [2.05, 4.69) is 20.8 Å². The van der Waals surface area contributed by atoms with Gasteiger partial charge in [-0.05, 0) is 24.2 Å². The Balaban J connectivity index is 2.43. The lowest BCUT2D eigenvalue weighted by Crippen LogP contribution is -2.31. The van der Waals surface area contributed by atoms with Crippen LogP contribution in [0.1, 0.15) is 33.6 Å². The molecule has 0 spiro atoms. The lowest BCUT2D eigenvalue weighted by molar-refractivity contribution is 0.0892. The third kappa shape index (κ3) is 0.667. The van der Waals surface area contributed by atoms with E-state index in [0.717, 1.165) is 5.92 Å². The third-order valence-electron chi connectivity index (χ3n) is 2.56. The van der Waals surface area contributed by atoms with Crippen molar-refractivity contribution in [2.75, 3.05) is 0 Å². The van der Waals surface area contributed by atoms with Gasteiger partial charge in [0, 0.05) is 0 Å². The van der Waals surface area contributed by atoms with E-state index < -0.39 is 0 Å². The maximum absolute atomic E-state index is 2.35. The van der Waals surface area contributed by atoms with Crippen LogP contribution in [-0.4, -0.2) is 0 Å². The molecule has 0 nitrogen and oxygen atoms in total. The fourth-order valence-corrected chi connectivity index (χ4v) is 1.01. The summed E-state index contributed by atoms with van der Waals surface area (Å²) in [5.41, 5.74) is 0.681. The first kappa shape index (κ1) is 5.14. The Morgan fingerprint density at radius 1 is 1.43 bits per heavy atom. The van der Waals surface area contributed by atoms with Gasteiger partial charge in [0.25, 0.3) is 0 Å². The molecular weight excluding hydrogens is 84.1 g/mol. The standard InChI is InChI=1S/C7H14/c1-6-4-5-7(6,2)3/h6H,4-5H2,1-3H3/t6-/m1/s1. The second-order valence-electron chi connectivity index (χ2n) is 3.43. The molecule has 1 aliphatic carbocycles. The SMILES string of the molecule is C[C@@H]1CCC1(C)C. The van der Waals surface area contributed by atoms with Gasteiger partial charge in [-0.15, -0.1) is 0 Å². The van der Waals surface area contributed by atoms with Crippen molar-refractivity contribution in [3.63, 3.8) is 0 Å². The Bertz CT molecular complexity index is 72.1. The maximum atomic E-state index is 2.35. The van der Waals surface area contributed by atoms with Crippen LogP contribution in [0.3, 0.4) is 0 Å². The minimum atomic E-state index is 0.681. The zero-order valence-corrected chi connectivity index (χ0v) is 5.49. The molecule has 0 aliphatic heterocycles. The topological polar surface area (TPSA) is 0 Å². The molecule has 0 aromatic heterocycles. The van der Waals surface area contributed by atoms with E-state index in [1.807, 2.05) is 0 Å². The average Bonchev–Trinajstić information content (AvgIpc) is 1.63. The minimum absolute atomic E-state index is 0.681. The summed E-state index contributed by atoms with van der Waals surface area (Å²) >= 11 is 0. The fourth-order valence-electron chi connectivity index (χ4n) is 1.01. The summed E-state index contributed by atoms with van der Waals surface area (Å²) in [7, 11) is 0. The molecule has 0 aromatic carbocycles. The Hall–Kier alpha value is 0. The van der Waals surface area contributed by atoms with E-state index in [-0.39, 0.29) is 0 Å². The van der Waals surface area contributed by atoms with E-state index in [4.69, 9.17) is 0 Å². The molecule has 1 saturated carbocycles. The van der Waals surface area contributed by atoms with Crippen LogP contribution in [0.25, 0.3) is 0 Å². The molecule has 0 radical (unpaired) electrons. The Labute approximate surface area is 45.9 Å². The Morgan fingerprint density at radius 3 is 1.86 bits per heavy atom. The molecule has 0 heterocycles. The van der Waals surface area contributed by atoms with Gasteiger partial charge in [0.15, 0.2) is 0 Å². The summed E-state index contributed by atoms with van der Waals surface area (Å²) in [5.74, 6) is 0.979. The average molecular weight is 98.2 g/mol. The van der Waals surface area contributed by atoms with Gasteiger partial charge in [-0.2, -0.15) is 0 Å². The second-order valence-corrected chi connectivity index (χ2v) is 3.43. The van der Waals surface area contributed by atoms with Gasteiger partial charge in [-0.1, -0.05) is 20.8 Å². The lowest BCUT2D eigenvalue weighted by Gasteiger charge is -2.42. The number of hydrogen-bond donors (Lipinski definition) is 0. The van der Waals surface area contributed by atoms with Gasteiger partial charge in [-0.3, -0.25) is 0 Å². The first-order valence-corrected chi connectivity index (χ1v) is 3.13. The second kappa shape index (κ2) is 1.24. The summed E-state index contributed by atoms with van der Waals surface area (Å²) in [5, 5.41) is 0. The van der Waals surface area contributed by atoms with Gasteiger partial charge < -0.3 is 0 Å². The summed E-state index contributed by atoms with van der Waals surface area (Å²) < 4.78 is 0. The molecule has 1 rings (SSSR count). The van der Waals surface area contributed by atoms with Gasteiger partial charge in [0.2, 0.25) is 0 Å². The molecule has 0 aromatic rings. The molecule has 0 unspecified atom stereocenters. The normalized spacial score (nSPS) is 37.3. The van der Waals surface area contributed by atoms with Crippen molar-refractivity contribution in [1.29, 1.82) is 0 Å². The number of hydrogen-bond acceptors (Lipinski definition) is 0. The summed E-state index contributed by atoms with van der Waals surface area (Å²) in [6.07, 6.45) is 2.89. The van der Waals surface area contributed by atoms with Crippen molar-refractivity contribution >= 4 is 0 Å². The first-order valence-electron chi connectivity index (χ1n) is 3.13. The maximum Gasteiger partial charge on any atom is -0.0328 e. The third-order valence-corrected chi connectivity index (χ3v) is 2.56. The van der Waals surface area contributed by atoms with Gasteiger partial charge in [0.1, 0.15) is 0 Å². The molecule has 0 saturated heterocycles. The van der Waals surface area contributed by atoms with Crippen LogP contribution in [0, 0.1) is 11.3 Å². The quantitative estimate of drug-likeness (QED) is 0.436. The van der Waals surface area contributed by atoms with E-state index in [1.165, 1.54) is 12.8 Å². The Kier molecular flexibility index (Phi) is 0.911. The largest absolute Gasteiger partial charge is 0.0620 e. The van der Waals surface area contributed by atoms with Crippen LogP contribution in [0.2, 0.25) is 0 Å². The fraction of sp³-hybridized carbons (Fsp3) is 1.00. The van der Waals surface area contributed by atoms with Crippen LogP contribution in [0.5, 0.6) is 0 Å². The highest BCUT2D eigenvalue weighted by Gasteiger charge is 2.34. The highest BCUT2D eigenvalue weighted by molar-refractivity contribution is 4.84. The van der Waals surface area contributed by atoms with Gasteiger partial charge >= 0.3 is 0 Å². The van der Waals surface area contributed by atoms with E-state index >= 15 is 0 Å². The molecular formula is C7H14. The summed E-state index contributed by atoms with van der Waals surface area (Å²) in [6, 6.07) is 0. The molecule has 1 atom stereocenters. The van der Waals surface area contributed by atoms with Crippen LogP contribution >= 0.6 is 0 Å². The Morgan fingerprint density at radius 2 is 1.86 bits per heavy atom. The highest BCUT2D eigenvalue weighted by Crippen LogP contribution is 2.45. The molecule has 0 N–H and O–H groups in total. The zero-order valence-electron chi connectivity index (χ0n) is 5.49. The van der Waals surface area contributed by atoms with Crippen LogP contribution in [0.15, 0.2) is 0 Å². The van der Waals surface area contributed by atoms with E-state index in [0.29, 0.717) is 5.41 Å². The summed E-state index contributed by atoms with van der Waals surface area (Å²) in [6.45, 7) is 7.03. The predicted octanol–water partition coefficient (Wildman–Crippen LogP) is 2.44. The van der Waals surface area contributed by atoms with Crippen molar-refractivity contribution in [2.24, 2.45) is 11.3 Å². The highest BCUT2D eigenvalue weighted by atomic mass is 14.4. The van der Waals surface area contributed by atoms with Crippen LogP contribution < -0.4 is 0 Å². The molecule has 0 amide bonds. The van der Waals surface area contributed by atoms with Crippen molar-refractivity contribution in [3.8, 4) is 0 Å². The monoisotopic (exact) mass is 98.1 g/mol. The zero-order chi connectivity index (χ0) is 5.49. The van der Waals surface area contributed by atoms with E-state index in [1.54, 1.807) is 0 Å². The van der Waals surface area contributed by atoms with Crippen molar-refractivity contribution in [2.45, 2.75) is 33.6 Å². The molecule has 42 valence electrons. The number of rotatable bonds is 0.